The Kier molecular flexibility index (Phi) is 13.0. The molecule has 0 fully saturated rings. The van der Waals surface area contributed by atoms with Crippen LogP contribution in [0.4, 0.5) is 0 Å². The number of aliphatic carboxylic acids is 1. The summed E-state index contributed by atoms with van der Waals surface area (Å²) in [6.07, 6.45) is 1.72. The third-order valence-corrected chi connectivity index (χ3v) is 6.55. The summed E-state index contributed by atoms with van der Waals surface area (Å²) in [5, 5.41) is 36.6. The average Bonchev–Trinajstić information content (AvgIpc) is 2.92. The van der Waals surface area contributed by atoms with Gasteiger partial charge in [0, 0.05) is 12.8 Å². The van der Waals surface area contributed by atoms with E-state index in [-0.39, 0.29) is 24.3 Å². The van der Waals surface area contributed by atoms with Gasteiger partial charge in [0.25, 0.3) is 0 Å². The van der Waals surface area contributed by atoms with E-state index < -0.39 is 53.8 Å². The molecule has 0 aliphatic carbocycles. The van der Waals surface area contributed by atoms with Gasteiger partial charge < -0.3 is 42.7 Å². The quantitative estimate of drug-likeness (QED) is 0.132. The first-order valence-electron chi connectivity index (χ1n) is 13.6. The lowest BCUT2D eigenvalue weighted by molar-refractivity contribution is -0.143. The molecular weight excluding hydrogens is 530 g/mol. The molecule has 3 amide bonds. The molecule has 0 saturated carbocycles. The molecule has 2 aromatic rings. The summed E-state index contributed by atoms with van der Waals surface area (Å²) in [5.41, 5.74) is 12.8. The highest BCUT2D eigenvalue weighted by atomic mass is 16.4. The van der Waals surface area contributed by atoms with E-state index in [9.17, 15) is 34.5 Å². The summed E-state index contributed by atoms with van der Waals surface area (Å²) >= 11 is 0. The number of phenolic OH excluding ortho intramolecular Hbond substituents is 2. The van der Waals surface area contributed by atoms with Gasteiger partial charge in [0.15, 0.2) is 0 Å². The van der Waals surface area contributed by atoms with Crippen LogP contribution < -0.4 is 27.4 Å². The van der Waals surface area contributed by atoms with Crippen molar-refractivity contribution in [3.05, 3.63) is 59.7 Å². The van der Waals surface area contributed by atoms with Crippen LogP contribution in [0.3, 0.4) is 0 Å². The van der Waals surface area contributed by atoms with Crippen LogP contribution >= 0.6 is 0 Å². The molecule has 0 aromatic heterocycles. The molecule has 41 heavy (non-hydrogen) atoms. The highest BCUT2D eigenvalue weighted by Crippen LogP contribution is 2.14. The van der Waals surface area contributed by atoms with Crippen molar-refractivity contribution in [2.75, 3.05) is 6.54 Å². The molecular formula is C29H41N5O7. The second kappa shape index (κ2) is 16.2. The van der Waals surface area contributed by atoms with Gasteiger partial charge in [0.05, 0.1) is 6.04 Å². The Morgan fingerprint density at radius 2 is 1.17 bits per heavy atom. The van der Waals surface area contributed by atoms with Crippen molar-refractivity contribution in [2.24, 2.45) is 17.4 Å². The SMILES string of the molecule is CC(C)C(NC(=O)C(Cc1ccc(O)cc1)NC(=O)C(Cc1ccc(O)cc1)NC(=O)C(N)CCCCN)C(=O)O. The molecule has 12 heteroatoms. The lowest BCUT2D eigenvalue weighted by Gasteiger charge is -2.26. The fourth-order valence-corrected chi connectivity index (χ4v) is 4.11. The highest BCUT2D eigenvalue weighted by molar-refractivity contribution is 5.94. The number of amides is 3. The fraction of sp³-hybridized carbons (Fsp3) is 0.448. The van der Waals surface area contributed by atoms with Gasteiger partial charge in [-0.2, -0.15) is 0 Å². The number of aromatic hydroxyl groups is 2. The van der Waals surface area contributed by atoms with Gasteiger partial charge in [-0.05, 0) is 60.7 Å². The topological polar surface area (TPSA) is 217 Å². The third-order valence-electron chi connectivity index (χ3n) is 6.55. The van der Waals surface area contributed by atoms with Crippen molar-refractivity contribution in [3.63, 3.8) is 0 Å². The minimum atomic E-state index is -1.22. The zero-order valence-electron chi connectivity index (χ0n) is 23.4. The second-order valence-corrected chi connectivity index (χ2v) is 10.3. The normalized spacial score (nSPS) is 14.0. The molecule has 224 valence electrons. The highest BCUT2D eigenvalue weighted by Gasteiger charge is 2.31. The maximum Gasteiger partial charge on any atom is 0.326 e. The summed E-state index contributed by atoms with van der Waals surface area (Å²) in [6.45, 7) is 3.75. The van der Waals surface area contributed by atoms with E-state index in [4.69, 9.17) is 11.5 Å². The average molecular weight is 572 g/mol. The number of phenols is 2. The monoisotopic (exact) mass is 571 g/mol. The Morgan fingerprint density at radius 3 is 1.59 bits per heavy atom. The number of carboxylic acid groups (broad SMARTS) is 1. The predicted molar refractivity (Wildman–Crippen MR) is 153 cm³/mol. The first kappa shape index (κ1) is 33.0. The van der Waals surface area contributed by atoms with Gasteiger partial charge in [0.1, 0.15) is 29.6 Å². The van der Waals surface area contributed by atoms with E-state index in [0.29, 0.717) is 36.9 Å². The van der Waals surface area contributed by atoms with E-state index in [1.165, 1.54) is 24.3 Å². The molecule has 2 rings (SSSR count). The van der Waals surface area contributed by atoms with Gasteiger partial charge >= 0.3 is 5.97 Å². The maximum atomic E-state index is 13.6. The summed E-state index contributed by atoms with van der Waals surface area (Å²) < 4.78 is 0. The van der Waals surface area contributed by atoms with Crippen molar-refractivity contribution in [3.8, 4) is 11.5 Å². The molecule has 0 saturated heterocycles. The first-order chi connectivity index (χ1) is 19.4. The molecule has 4 atom stereocenters. The van der Waals surface area contributed by atoms with Crippen LogP contribution in [0.1, 0.15) is 44.2 Å². The summed E-state index contributed by atoms with van der Waals surface area (Å²) in [7, 11) is 0. The molecule has 12 nitrogen and oxygen atoms in total. The van der Waals surface area contributed by atoms with Gasteiger partial charge in [0.2, 0.25) is 17.7 Å². The van der Waals surface area contributed by atoms with Crippen LogP contribution in [0.15, 0.2) is 48.5 Å². The van der Waals surface area contributed by atoms with E-state index in [0.717, 1.165) is 0 Å². The van der Waals surface area contributed by atoms with Gasteiger partial charge in [-0.15, -0.1) is 0 Å². The Labute approximate surface area is 239 Å². The first-order valence-corrected chi connectivity index (χ1v) is 13.6. The Bertz CT molecular complexity index is 1160. The number of benzene rings is 2. The van der Waals surface area contributed by atoms with Crippen molar-refractivity contribution >= 4 is 23.7 Å². The van der Waals surface area contributed by atoms with Crippen molar-refractivity contribution in [2.45, 2.75) is 70.1 Å². The van der Waals surface area contributed by atoms with E-state index in [1.807, 2.05) is 0 Å². The summed E-state index contributed by atoms with van der Waals surface area (Å²) in [5.74, 6) is -3.55. The Hall–Kier alpha value is -4.16. The number of carbonyl (C=O) groups is 4. The van der Waals surface area contributed by atoms with Crippen LogP contribution in [-0.4, -0.2) is 69.7 Å². The van der Waals surface area contributed by atoms with Gasteiger partial charge in [-0.25, -0.2) is 4.79 Å². The second-order valence-electron chi connectivity index (χ2n) is 10.3. The molecule has 0 aliphatic rings. The van der Waals surface area contributed by atoms with Crippen LogP contribution in [0.2, 0.25) is 0 Å². The van der Waals surface area contributed by atoms with Crippen molar-refractivity contribution in [1.29, 1.82) is 0 Å². The zero-order valence-corrected chi connectivity index (χ0v) is 23.4. The van der Waals surface area contributed by atoms with Crippen LogP contribution in [0, 0.1) is 5.92 Å². The Balaban J connectivity index is 2.31. The molecule has 0 bridgehead atoms. The molecule has 0 radical (unpaired) electrons. The number of hydrogen-bond acceptors (Lipinski definition) is 8. The molecule has 0 aliphatic heterocycles. The summed E-state index contributed by atoms with van der Waals surface area (Å²) in [6, 6.07) is 7.70. The smallest absolute Gasteiger partial charge is 0.326 e. The van der Waals surface area contributed by atoms with Crippen molar-refractivity contribution in [1.82, 2.24) is 16.0 Å². The molecule has 4 unspecified atom stereocenters. The minimum absolute atomic E-state index is 0.0131. The molecule has 0 heterocycles. The van der Waals surface area contributed by atoms with Crippen LogP contribution in [0.5, 0.6) is 11.5 Å². The number of nitrogens with two attached hydrogens (primary N) is 2. The third kappa shape index (κ3) is 11.1. The van der Waals surface area contributed by atoms with E-state index in [1.54, 1.807) is 38.1 Å². The van der Waals surface area contributed by atoms with Gasteiger partial charge in [-0.3, -0.25) is 14.4 Å². The van der Waals surface area contributed by atoms with E-state index in [2.05, 4.69) is 16.0 Å². The lowest BCUT2D eigenvalue weighted by atomic mass is 10.00. The predicted octanol–water partition coefficient (Wildman–Crippen LogP) is 0.534. The lowest BCUT2D eigenvalue weighted by Crippen LogP contribution is -2.58. The van der Waals surface area contributed by atoms with Crippen LogP contribution in [0.25, 0.3) is 0 Å². The van der Waals surface area contributed by atoms with Crippen LogP contribution in [-0.2, 0) is 32.0 Å². The molecule has 2 aromatic carbocycles. The minimum Gasteiger partial charge on any atom is -0.508 e. The zero-order chi connectivity index (χ0) is 30.5. The fourth-order valence-electron chi connectivity index (χ4n) is 4.11. The maximum absolute atomic E-state index is 13.6. The molecule has 0 spiro atoms. The number of hydrogen-bond donors (Lipinski definition) is 8. The largest absolute Gasteiger partial charge is 0.508 e. The summed E-state index contributed by atoms with van der Waals surface area (Å²) in [4.78, 5) is 51.5. The number of carbonyl (C=O) groups excluding carboxylic acids is 3. The number of nitrogens with one attached hydrogen (secondary N) is 3. The van der Waals surface area contributed by atoms with E-state index >= 15 is 0 Å². The number of rotatable bonds is 16. The van der Waals surface area contributed by atoms with Gasteiger partial charge in [-0.1, -0.05) is 44.5 Å². The number of unbranched alkanes of at least 4 members (excludes halogenated alkanes) is 1. The number of carboxylic acids is 1. The van der Waals surface area contributed by atoms with Crippen molar-refractivity contribution < 1.29 is 34.5 Å². The Morgan fingerprint density at radius 1 is 0.732 bits per heavy atom. The standard InChI is InChI=1S/C29H41N5O7/c1-17(2)25(29(40)41)34-28(39)24(16-19-8-12-21(36)13-9-19)33-27(38)23(15-18-6-10-20(35)11-7-18)32-26(37)22(31)5-3-4-14-30/h6-13,17,22-25,35-36H,3-5,14-16,30-31H2,1-2H3,(H,32,37)(H,33,38)(H,34,39)(H,40,41). The molecule has 10 N–H and O–H groups in total.